The fourth-order valence-corrected chi connectivity index (χ4v) is 8.88. The van der Waals surface area contributed by atoms with Gasteiger partial charge in [-0.1, -0.05) is 78.8 Å². The zero-order chi connectivity index (χ0) is 30.3. The fourth-order valence-electron chi connectivity index (χ4n) is 4.59. The summed E-state index contributed by atoms with van der Waals surface area (Å²) in [5.41, 5.74) is 6.74. The second kappa shape index (κ2) is 17.6. The Morgan fingerprint density at radius 3 is 2.12 bits per heavy atom. The van der Waals surface area contributed by atoms with Crippen LogP contribution in [0.4, 0.5) is 0 Å². The first-order chi connectivity index (χ1) is 18.9. The molecule has 3 nitrogen and oxygen atoms in total. The van der Waals surface area contributed by atoms with Crippen LogP contribution in [0.3, 0.4) is 0 Å². The number of benzene rings is 2. The quantitative estimate of drug-likeness (QED) is 0.266. The van der Waals surface area contributed by atoms with Crippen molar-refractivity contribution in [3.63, 3.8) is 0 Å². The van der Waals surface area contributed by atoms with Gasteiger partial charge in [0.05, 0.1) is 6.10 Å². The van der Waals surface area contributed by atoms with Crippen LogP contribution in [0.15, 0.2) is 49.0 Å². The summed E-state index contributed by atoms with van der Waals surface area (Å²) in [5, 5.41) is 3.68. The van der Waals surface area contributed by atoms with Crippen LogP contribution in [-0.4, -0.2) is 40.9 Å². The standard InChI is InChI=1S/C16H23NS.C12H16O.C4H10.C2H4O.C2H6/c1-12-5-6-15(9-13(12)2)14(3)17-16(4)10-18(11-16)7-8-18;1-2-4-10-5-3-6-12(9-10)13-11-7-8-11;1-4(2)3;1-2-3;1-2/h5-6,9,17H,3,7-8,10-11H2,1-2,4H3;3,5-6,9,11H,2,4,7-8H2,1H3;4H,1-3H3;2H,1H3;1-2H3. The first-order valence-electron chi connectivity index (χ1n) is 15.4. The van der Waals surface area contributed by atoms with Gasteiger partial charge in [-0.05, 0) is 105 Å². The summed E-state index contributed by atoms with van der Waals surface area (Å²) in [5.74, 6) is 7.75. The second-order valence-corrected chi connectivity index (χ2v) is 15.9. The van der Waals surface area contributed by atoms with Gasteiger partial charge in [0.2, 0.25) is 0 Å². The molecule has 5 rings (SSSR count). The number of aldehydes is 1. The third kappa shape index (κ3) is 13.4. The molecule has 2 saturated heterocycles. The van der Waals surface area contributed by atoms with E-state index >= 15 is 0 Å². The summed E-state index contributed by atoms with van der Waals surface area (Å²) < 4.78 is 5.71. The number of rotatable bonds is 7. The van der Waals surface area contributed by atoms with Crippen LogP contribution < -0.4 is 10.1 Å². The molecule has 2 aromatic rings. The van der Waals surface area contributed by atoms with E-state index in [1.165, 1.54) is 71.5 Å². The largest absolute Gasteiger partial charge is 0.490 e. The van der Waals surface area contributed by atoms with Crippen molar-refractivity contribution in [1.82, 2.24) is 5.32 Å². The van der Waals surface area contributed by atoms with Crippen LogP contribution in [0.25, 0.3) is 5.70 Å². The Morgan fingerprint density at radius 1 is 1.07 bits per heavy atom. The molecule has 1 saturated carbocycles. The number of aryl methyl sites for hydroxylation is 3. The predicted molar refractivity (Wildman–Crippen MR) is 181 cm³/mol. The highest BCUT2D eigenvalue weighted by molar-refractivity contribution is 8.40. The lowest BCUT2D eigenvalue weighted by Crippen LogP contribution is -2.56. The second-order valence-electron chi connectivity index (χ2n) is 12.1. The molecule has 1 N–H and O–H groups in total. The van der Waals surface area contributed by atoms with Gasteiger partial charge in [0.15, 0.2) is 0 Å². The Labute approximate surface area is 248 Å². The average Bonchev–Trinajstić information content (AvgIpc) is 3.81. The molecule has 0 aromatic heterocycles. The molecule has 0 bridgehead atoms. The van der Waals surface area contributed by atoms with Crippen LogP contribution in [0.5, 0.6) is 5.75 Å². The minimum atomic E-state index is -0.0854. The number of hydrogen-bond acceptors (Lipinski definition) is 3. The van der Waals surface area contributed by atoms with Gasteiger partial charge in [0.1, 0.15) is 12.0 Å². The molecule has 4 heteroatoms. The highest BCUT2D eigenvalue weighted by Gasteiger charge is 2.54. The van der Waals surface area contributed by atoms with E-state index in [-0.39, 0.29) is 10.0 Å². The van der Waals surface area contributed by atoms with Crippen molar-refractivity contribution in [3.05, 3.63) is 71.3 Å². The lowest BCUT2D eigenvalue weighted by Gasteiger charge is -2.50. The molecule has 226 valence electrons. The molecule has 0 atom stereocenters. The zero-order valence-corrected chi connectivity index (χ0v) is 28.2. The van der Waals surface area contributed by atoms with E-state index in [2.05, 4.69) is 103 Å². The van der Waals surface area contributed by atoms with E-state index in [1.54, 1.807) is 0 Å². The molecule has 2 aliphatic heterocycles. The van der Waals surface area contributed by atoms with E-state index in [0.717, 1.165) is 30.1 Å². The lowest BCUT2D eigenvalue weighted by molar-refractivity contribution is -0.106. The minimum Gasteiger partial charge on any atom is -0.490 e. The summed E-state index contributed by atoms with van der Waals surface area (Å²) in [7, 11) is -0.0854. The molecular weight excluding hydrogens is 510 g/mol. The third-order valence-corrected chi connectivity index (χ3v) is 10.7. The molecule has 2 aromatic carbocycles. The SMILES string of the molecule is C=C(NC1(C)CS2(CC2)C1)c1ccc(C)c(C)c1.CC.CC(C)C.CC=O.CCCc1cccc(OC2CC2)c1. The van der Waals surface area contributed by atoms with Crippen molar-refractivity contribution in [2.75, 3.05) is 23.0 Å². The fraction of sp³-hybridized carbons (Fsp3) is 0.583. The van der Waals surface area contributed by atoms with Crippen LogP contribution >= 0.6 is 10.0 Å². The summed E-state index contributed by atoms with van der Waals surface area (Å²) >= 11 is 0. The topological polar surface area (TPSA) is 38.3 Å². The molecular formula is C36H59NO2S. The maximum Gasteiger partial charge on any atom is 0.119 e. The zero-order valence-electron chi connectivity index (χ0n) is 27.4. The smallest absolute Gasteiger partial charge is 0.119 e. The summed E-state index contributed by atoms with van der Waals surface area (Å²) in [6.07, 6.45) is 6.09. The van der Waals surface area contributed by atoms with E-state index in [9.17, 15) is 0 Å². The van der Waals surface area contributed by atoms with Crippen molar-refractivity contribution < 1.29 is 9.53 Å². The van der Waals surface area contributed by atoms with Gasteiger partial charge in [-0.15, -0.1) is 0 Å². The number of ether oxygens (including phenoxy) is 1. The monoisotopic (exact) mass is 569 g/mol. The Bertz CT molecular complexity index is 1030. The van der Waals surface area contributed by atoms with E-state index in [1.807, 2.05) is 13.8 Å². The van der Waals surface area contributed by atoms with Gasteiger partial charge in [-0.3, -0.25) is 0 Å². The molecule has 3 aliphatic rings. The first-order valence-corrected chi connectivity index (χ1v) is 17.7. The van der Waals surface area contributed by atoms with Crippen molar-refractivity contribution in [2.45, 2.75) is 107 Å². The Hall–Kier alpha value is -2.20. The summed E-state index contributed by atoms with van der Waals surface area (Å²) in [6, 6.07) is 15.1. The third-order valence-electron chi connectivity index (χ3n) is 6.60. The van der Waals surface area contributed by atoms with Crippen molar-refractivity contribution in [3.8, 4) is 5.75 Å². The van der Waals surface area contributed by atoms with Crippen molar-refractivity contribution in [1.29, 1.82) is 0 Å². The van der Waals surface area contributed by atoms with Gasteiger partial charge in [0, 0.05) is 22.7 Å². The molecule has 1 aliphatic carbocycles. The van der Waals surface area contributed by atoms with Gasteiger partial charge in [0.25, 0.3) is 0 Å². The molecule has 0 radical (unpaired) electrons. The normalized spacial score (nSPS) is 17.4. The van der Waals surface area contributed by atoms with Gasteiger partial charge < -0.3 is 14.8 Å². The number of carbonyl (C=O) groups excluding carboxylic acids is 1. The van der Waals surface area contributed by atoms with Gasteiger partial charge >= 0.3 is 0 Å². The average molecular weight is 570 g/mol. The number of nitrogens with one attached hydrogen (secondary N) is 1. The lowest BCUT2D eigenvalue weighted by atomic mass is 10.0. The maximum absolute atomic E-state index is 8.81. The van der Waals surface area contributed by atoms with Gasteiger partial charge in [-0.25, -0.2) is 10.0 Å². The van der Waals surface area contributed by atoms with E-state index < -0.39 is 0 Å². The van der Waals surface area contributed by atoms with Crippen molar-refractivity contribution >= 4 is 22.0 Å². The van der Waals surface area contributed by atoms with Gasteiger partial charge in [-0.2, -0.15) is 0 Å². The Balaban J connectivity index is 0.000000318. The molecule has 2 heterocycles. The Morgan fingerprint density at radius 2 is 1.65 bits per heavy atom. The molecule has 0 unspecified atom stereocenters. The minimum absolute atomic E-state index is 0.0854. The summed E-state index contributed by atoms with van der Waals surface area (Å²) in [4.78, 5) is 8.81. The number of hydrogen-bond donors (Lipinski definition) is 1. The van der Waals surface area contributed by atoms with Crippen molar-refractivity contribution in [2.24, 2.45) is 5.92 Å². The van der Waals surface area contributed by atoms with Crippen LogP contribution in [0.2, 0.25) is 0 Å². The predicted octanol–water partition coefficient (Wildman–Crippen LogP) is 9.53. The van der Waals surface area contributed by atoms with Crippen LogP contribution in [0.1, 0.15) is 96.9 Å². The molecule has 1 spiro atoms. The molecule has 0 amide bonds. The highest BCUT2D eigenvalue weighted by atomic mass is 32.3. The Kier molecular flexibility index (Phi) is 15.7. The first kappa shape index (κ1) is 35.8. The van der Waals surface area contributed by atoms with E-state index in [4.69, 9.17) is 9.53 Å². The highest BCUT2D eigenvalue weighted by Crippen LogP contribution is 2.71. The van der Waals surface area contributed by atoms with E-state index in [0.29, 0.717) is 11.6 Å². The molecule has 3 fully saturated rings. The number of carbonyl (C=O) groups is 1. The summed E-state index contributed by atoms with van der Waals surface area (Å²) in [6.45, 7) is 25.1. The molecule has 40 heavy (non-hydrogen) atoms. The van der Waals surface area contributed by atoms with Crippen LogP contribution in [0, 0.1) is 19.8 Å². The van der Waals surface area contributed by atoms with Crippen LogP contribution in [-0.2, 0) is 11.2 Å². The maximum atomic E-state index is 8.81.